The van der Waals surface area contributed by atoms with Crippen LogP contribution in [0.15, 0.2) is 28.8 Å². The first-order valence-electron chi connectivity index (χ1n) is 6.33. The van der Waals surface area contributed by atoms with E-state index in [-0.39, 0.29) is 0 Å². The molecule has 0 atom stereocenters. The van der Waals surface area contributed by atoms with Gasteiger partial charge in [0.2, 0.25) is 0 Å². The van der Waals surface area contributed by atoms with Crippen molar-refractivity contribution >= 4 is 28.2 Å². The molecule has 4 N–H and O–H groups in total. The minimum atomic E-state index is 0.479. The molecule has 6 heteroatoms. The topological polar surface area (TPSA) is 79.9 Å². The van der Waals surface area contributed by atoms with Crippen LogP contribution < -0.4 is 11.1 Å². The number of nitrogens with two attached hydrogens (primary N) is 1. The van der Waals surface area contributed by atoms with Gasteiger partial charge >= 0.3 is 0 Å². The van der Waals surface area contributed by atoms with Crippen LogP contribution in [0.4, 0.5) is 5.69 Å². The van der Waals surface area contributed by atoms with E-state index < -0.39 is 0 Å². The first-order valence-corrected chi connectivity index (χ1v) is 6.71. The van der Waals surface area contributed by atoms with Gasteiger partial charge in [0.05, 0.1) is 17.3 Å². The monoisotopic (exact) mass is 290 g/mol. The van der Waals surface area contributed by atoms with Crippen molar-refractivity contribution in [1.29, 1.82) is 0 Å². The summed E-state index contributed by atoms with van der Waals surface area (Å²) in [6, 6.07) is 7.79. The van der Waals surface area contributed by atoms with E-state index in [0.717, 1.165) is 33.7 Å². The van der Waals surface area contributed by atoms with Crippen molar-refractivity contribution in [3.63, 3.8) is 0 Å². The summed E-state index contributed by atoms with van der Waals surface area (Å²) in [6.07, 6.45) is 0. The molecule has 5 nitrogen and oxygen atoms in total. The second-order valence-electron chi connectivity index (χ2n) is 4.70. The van der Waals surface area contributed by atoms with Gasteiger partial charge in [0.1, 0.15) is 11.5 Å². The van der Waals surface area contributed by atoms with Gasteiger partial charge < -0.3 is 20.6 Å². The average Bonchev–Trinajstić information content (AvgIpc) is 3.01. The summed E-state index contributed by atoms with van der Waals surface area (Å²) >= 11 is 6.28. The van der Waals surface area contributed by atoms with Gasteiger partial charge in [0, 0.05) is 29.2 Å². The van der Waals surface area contributed by atoms with Crippen molar-refractivity contribution in [1.82, 2.24) is 10.1 Å². The van der Waals surface area contributed by atoms with Gasteiger partial charge in [0.15, 0.2) is 0 Å². The van der Waals surface area contributed by atoms with Gasteiger partial charge in [-0.3, -0.25) is 0 Å². The Morgan fingerprint density at radius 1 is 1.35 bits per heavy atom. The van der Waals surface area contributed by atoms with Gasteiger partial charge in [-0.05, 0) is 25.1 Å². The molecule has 0 spiro atoms. The highest BCUT2D eigenvalue weighted by Gasteiger charge is 2.07. The molecule has 0 unspecified atom stereocenters. The second-order valence-corrected chi connectivity index (χ2v) is 5.11. The molecule has 0 saturated carbocycles. The lowest BCUT2D eigenvalue weighted by molar-refractivity contribution is 0.391. The molecule has 0 fully saturated rings. The van der Waals surface area contributed by atoms with Gasteiger partial charge in [0.25, 0.3) is 0 Å². The molecule has 0 aliphatic carbocycles. The zero-order valence-corrected chi connectivity index (χ0v) is 11.8. The maximum absolute atomic E-state index is 6.28. The number of aryl methyl sites for hydroxylation is 1. The third-order valence-corrected chi connectivity index (χ3v) is 3.43. The Morgan fingerprint density at radius 2 is 2.20 bits per heavy atom. The molecule has 2 heterocycles. The highest BCUT2D eigenvalue weighted by Crippen LogP contribution is 2.28. The lowest BCUT2D eigenvalue weighted by Crippen LogP contribution is -2.00. The van der Waals surface area contributed by atoms with E-state index in [9.17, 15) is 0 Å². The summed E-state index contributed by atoms with van der Waals surface area (Å²) in [7, 11) is 0. The minimum absolute atomic E-state index is 0.479. The molecule has 0 aliphatic heterocycles. The van der Waals surface area contributed by atoms with Crippen molar-refractivity contribution in [3.8, 4) is 0 Å². The molecule has 104 valence electrons. The second kappa shape index (κ2) is 5.19. The highest BCUT2D eigenvalue weighted by molar-refractivity contribution is 6.34. The molecule has 0 radical (unpaired) electrons. The number of hydrogen-bond acceptors (Lipinski definition) is 4. The Morgan fingerprint density at radius 3 is 2.90 bits per heavy atom. The number of H-pyrrole nitrogens is 1. The molecule has 20 heavy (non-hydrogen) atoms. The van der Waals surface area contributed by atoms with Crippen LogP contribution >= 0.6 is 11.6 Å². The zero-order valence-electron chi connectivity index (χ0n) is 11.0. The van der Waals surface area contributed by atoms with Gasteiger partial charge in [-0.1, -0.05) is 16.8 Å². The van der Waals surface area contributed by atoms with Crippen molar-refractivity contribution in [3.05, 3.63) is 46.4 Å². The predicted molar refractivity (Wildman–Crippen MR) is 79.8 cm³/mol. The van der Waals surface area contributed by atoms with E-state index in [0.29, 0.717) is 18.1 Å². The molecule has 0 amide bonds. The number of benzene rings is 1. The number of halogens is 1. The number of fused-ring (bicyclic) bond motifs is 1. The van der Waals surface area contributed by atoms with Crippen LogP contribution in [0.2, 0.25) is 5.02 Å². The molecule has 0 bridgehead atoms. The van der Waals surface area contributed by atoms with E-state index in [2.05, 4.69) is 15.5 Å². The Kier molecular flexibility index (Phi) is 3.38. The number of rotatable bonds is 4. The average molecular weight is 291 g/mol. The lowest BCUT2D eigenvalue weighted by atomic mass is 10.2. The number of nitrogens with one attached hydrogen (secondary N) is 2. The number of nitrogens with zero attached hydrogens (tertiary/aromatic N) is 1. The van der Waals surface area contributed by atoms with Crippen LogP contribution in [0.25, 0.3) is 10.9 Å². The smallest absolute Gasteiger partial charge is 0.133 e. The van der Waals surface area contributed by atoms with Crippen LogP contribution in [0.3, 0.4) is 0 Å². The number of aromatic nitrogens is 2. The third kappa shape index (κ3) is 2.50. The quantitative estimate of drug-likeness (QED) is 0.689. The Hall–Kier alpha value is -1.98. The molecule has 0 aliphatic rings. The third-order valence-electron chi connectivity index (χ3n) is 3.12. The number of anilines is 1. The standard InChI is InChI=1S/C14H15ClN4O/c1-8-2-11(19-20-8)7-17-14-5-13-9(4-12(14)15)3-10(6-16)18-13/h2-5,17-18H,6-7,16H2,1H3. The fourth-order valence-electron chi connectivity index (χ4n) is 2.15. The van der Waals surface area contributed by atoms with E-state index in [1.54, 1.807) is 0 Å². The van der Waals surface area contributed by atoms with Crippen molar-refractivity contribution in [2.75, 3.05) is 5.32 Å². The van der Waals surface area contributed by atoms with Gasteiger partial charge in [-0.15, -0.1) is 0 Å². The number of hydrogen-bond donors (Lipinski definition) is 3. The highest BCUT2D eigenvalue weighted by atomic mass is 35.5. The SMILES string of the molecule is Cc1cc(CNc2cc3[nH]c(CN)cc3cc2Cl)no1. The fourth-order valence-corrected chi connectivity index (χ4v) is 2.38. The largest absolute Gasteiger partial charge is 0.378 e. The maximum Gasteiger partial charge on any atom is 0.133 e. The molecule has 1 aromatic carbocycles. The van der Waals surface area contributed by atoms with Crippen molar-refractivity contribution in [2.45, 2.75) is 20.0 Å². The lowest BCUT2D eigenvalue weighted by Gasteiger charge is -2.06. The summed E-state index contributed by atoms with van der Waals surface area (Å²) in [5, 5.41) is 8.91. The molecular formula is C14H15ClN4O. The predicted octanol–water partition coefficient (Wildman–Crippen LogP) is 3.19. The molecular weight excluding hydrogens is 276 g/mol. The molecule has 3 aromatic rings. The minimum Gasteiger partial charge on any atom is -0.378 e. The van der Waals surface area contributed by atoms with Gasteiger partial charge in [-0.25, -0.2) is 0 Å². The van der Waals surface area contributed by atoms with Crippen LogP contribution in [0.5, 0.6) is 0 Å². The van der Waals surface area contributed by atoms with Crippen molar-refractivity contribution < 1.29 is 4.52 Å². The van der Waals surface area contributed by atoms with Crippen LogP contribution in [0.1, 0.15) is 17.1 Å². The summed E-state index contributed by atoms with van der Waals surface area (Å²) in [5.41, 5.74) is 9.32. The number of aromatic amines is 1. The Balaban J connectivity index is 1.85. The summed E-state index contributed by atoms with van der Waals surface area (Å²) in [4.78, 5) is 3.26. The maximum atomic E-state index is 6.28. The van der Waals surface area contributed by atoms with E-state index in [1.807, 2.05) is 31.2 Å². The van der Waals surface area contributed by atoms with Crippen LogP contribution in [-0.2, 0) is 13.1 Å². The first-order chi connectivity index (χ1) is 9.65. The first kappa shape index (κ1) is 13.0. The van der Waals surface area contributed by atoms with E-state index >= 15 is 0 Å². The van der Waals surface area contributed by atoms with E-state index in [1.165, 1.54) is 0 Å². The fraction of sp³-hybridized carbons (Fsp3) is 0.214. The zero-order chi connectivity index (χ0) is 14.1. The van der Waals surface area contributed by atoms with E-state index in [4.69, 9.17) is 21.9 Å². The van der Waals surface area contributed by atoms with Crippen LogP contribution in [-0.4, -0.2) is 10.1 Å². The molecule has 2 aromatic heterocycles. The van der Waals surface area contributed by atoms with Crippen molar-refractivity contribution in [2.24, 2.45) is 5.73 Å². The van der Waals surface area contributed by atoms with Crippen LogP contribution in [0, 0.1) is 6.92 Å². The summed E-state index contributed by atoms with van der Waals surface area (Å²) < 4.78 is 5.03. The molecule has 3 rings (SSSR count). The van der Waals surface area contributed by atoms with Gasteiger partial charge in [-0.2, -0.15) is 0 Å². The normalized spacial score (nSPS) is 11.2. The Bertz CT molecular complexity index is 747. The molecule has 0 saturated heterocycles. The summed E-state index contributed by atoms with van der Waals surface area (Å²) in [6.45, 7) is 2.91. The Labute approximate surface area is 121 Å². The summed E-state index contributed by atoms with van der Waals surface area (Å²) in [5.74, 6) is 0.792.